The van der Waals surface area contributed by atoms with E-state index in [1.54, 1.807) is 0 Å². The minimum absolute atomic E-state index is 0.0124. The normalized spacial score (nSPS) is 12.4. The predicted octanol–water partition coefficient (Wildman–Crippen LogP) is 4.19. The Bertz CT molecular complexity index is 1250. The molecule has 38 heavy (non-hydrogen) atoms. The van der Waals surface area contributed by atoms with Crippen LogP contribution < -0.4 is 20.5 Å². The number of alkyl halides is 2. The number of hydrogen-bond acceptors (Lipinski definition) is 8. The predicted molar refractivity (Wildman–Crippen MR) is 125 cm³/mol. The van der Waals surface area contributed by atoms with Gasteiger partial charge in [0.05, 0.1) is 20.3 Å². The fourth-order valence-electron chi connectivity index (χ4n) is 3.15. The lowest BCUT2D eigenvalue weighted by molar-refractivity contribution is -0.126. The second kappa shape index (κ2) is 13.4. The molecule has 0 bridgehead atoms. The highest BCUT2D eigenvalue weighted by atomic mass is 19.3. The number of carbonyl (C=O) groups is 2. The molecule has 0 radical (unpaired) electrons. The molecule has 9 nitrogen and oxygen atoms in total. The van der Waals surface area contributed by atoms with Gasteiger partial charge in [-0.2, -0.15) is 8.78 Å². The van der Waals surface area contributed by atoms with Crippen LogP contribution in [0.5, 0.6) is 11.5 Å². The van der Waals surface area contributed by atoms with Crippen LogP contribution in [-0.2, 0) is 22.6 Å². The molecule has 1 aliphatic rings. The Balaban J connectivity index is 0.000000934. The Morgan fingerprint density at radius 3 is 2.55 bits per heavy atom. The van der Waals surface area contributed by atoms with Crippen molar-refractivity contribution >= 4 is 12.4 Å². The Morgan fingerprint density at radius 2 is 1.95 bits per heavy atom. The molecule has 3 N–H and O–H groups in total. The summed E-state index contributed by atoms with van der Waals surface area (Å²) in [5.74, 6) is -1.80. The van der Waals surface area contributed by atoms with Gasteiger partial charge in [-0.15, -0.1) is 0 Å². The van der Waals surface area contributed by atoms with Gasteiger partial charge >= 0.3 is 6.61 Å². The fraction of sp³-hybridized carbons (Fsp3) is 0.320. The maximum Gasteiger partial charge on any atom is 0.387 e. The van der Waals surface area contributed by atoms with Crippen LogP contribution in [0.15, 0.2) is 40.8 Å². The first kappa shape index (κ1) is 28.4. The Morgan fingerprint density at radius 1 is 1.21 bits per heavy atom. The number of methoxy groups -OCH3 is 1. The molecule has 1 amide bonds. The smallest absolute Gasteiger partial charge is 0.387 e. The van der Waals surface area contributed by atoms with Crippen LogP contribution in [0.4, 0.5) is 17.6 Å². The third-order valence-corrected chi connectivity index (χ3v) is 5.23. The maximum atomic E-state index is 13.8. The number of ether oxygens (including phenoxy) is 3. The molecule has 4 rings (SSSR count). The van der Waals surface area contributed by atoms with Gasteiger partial charge in [-0.3, -0.25) is 9.59 Å². The first-order valence-corrected chi connectivity index (χ1v) is 11.4. The van der Waals surface area contributed by atoms with Gasteiger partial charge < -0.3 is 29.7 Å². The highest BCUT2D eigenvalue weighted by Crippen LogP contribution is 2.36. The van der Waals surface area contributed by atoms with Crippen LogP contribution in [0.2, 0.25) is 0 Å². The van der Waals surface area contributed by atoms with Crippen molar-refractivity contribution < 1.29 is 45.8 Å². The Hall–Kier alpha value is -4.13. The van der Waals surface area contributed by atoms with E-state index in [0.717, 1.165) is 18.9 Å². The third kappa shape index (κ3) is 7.93. The van der Waals surface area contributed by atoms with E-state index in [4.69, 9.17) is 19.7 Å². The molecule has 13 heteroatoms. The van der Waals surface area contributed by atoms with E-state index in [1.807, 2.05) is 0 Å². The van der Waals surface area contributed by atoms with Gasteiger partial charge in [0.15, 0.2) is 23.0 Å². The molecule has 1 aromatic heterocycles. The third-order valence-electron chi connectivity index (χ3n) is 5.23. The number of amides is 1. The molecular formula is C25H25F4N3O6. The van der Waals surface area contributed by atoms with Crippen molar-refractivity contribution in [2.45, 2.75) is 32.5 Å². The number of nitrogens with two attached hydrogens (primary N) is 1. The highest BCUT2D eigenvalue weighted by molar-refractivity contribution is 5.93. The standard InChI is InChI=1S/C23H21F4N3O4.C2H4O2/c24-15-5-3-14(16(25)8-15)10-29-21(31)20-19(9-28)33-22(30-20)13-4-6-17(34-23(26)27)18(7-13)32-11-12-1-2-12;1-4-2-3/h3-8,12,23H,1-2,9-11,28H2,(H,29,31);2H,1H3. The molecule has 0 aliphatic heterocycles. The Kier molecular flexibility index (Phi) is 10.0. The number of oxazole rings is 1. The van der Waals surface area contributed by atoms with E-state index in [1.165, 1.54) is 31.4 Å². The lowest BCUT2D eigenvalue weighted by Gasteiger charge is -2.12. The topological polar surface area (TPSA) is 126 Å². The quantitative estimate of drug-likeness (QED) is 0.275. The van der Waals surface area contributed by atoms with Crippen molar-refractivity contribution in [1.82, 2.24) is 10.3 Å². The number of hydrogen-bond donors (Lipinski definition) is 2. The zero-order chi connectivity index (χ0) is 27.7. The SMILES string of the molecule is COC=O.NCc1oc(-c2ccc(OC(F)F)c(OCC3CC3)c2)nc1C(=O)NCc1ccc(F)cc1F. The van der Waals surface area contributed by atoms with Crippen LogP contribution in [-0.4, -0.2) is 37.7 Å². The summed E-state index contributed by atoms with van der Waals surface area (Å²) in [6.07, 6.45) is 2.01. The minimum atomic E-state index is -3.03. The van der Waals surface area contributed by atoms with Gasteiger partial charge in [-0.1, -0.05) is 6.07 Å². The summed E-state index contributed by atoms with van der Waals surface area (Å²) >= 11 is 0. The van der Waals surface area contributed by atoms with Crippen LogP contribution in [0.1, 0.15) is 34.7 Å². The van der Waals surface area contributed by atoms with Crippen molar-refractivity contribution in [3.63, 3.8) is 0 Å². The molecule has 2 aromatic carbocycles. The summed E-state index contributed by atoms with van der Waals surface area (Å²) in [6.45, 7) is -2.66. The maximum absolute atomic E-state index is 13.8. The van der Waals surface area contributed by atoms with Gasteiger partial charge in [0.1, 0.15) is 11.6 Å². The average molecular weight is 539 g/mol. The number of nitrogens with zero attached hydrogens (tertiary/aromatic N) is 1. The molecule has 204 valence electrons. The van der Waals surface area contributed by atoms with Crippen LogP contribution in [0.3, 0.4) is 0 Å². The molecule has 3 aromatic rings. The summed E-state index contributed by atoms with van der Waals surface area (Å²) in [5, 5.41) is 2.49. The van der Waals surface area contributed by atoms with Crippen molar-refractivity contribution in [3.05, 3.63) is 65.1 Å². The second-order valence-electron chi connectivity index (χ2n) is 8.04. The van der Waals surface area contributed by atoms with E-state index in [2.05, 4.69) is 19.8 Å². The monoisotopic (exact) mass is 539 g/mol. The number of halogens is 4. The summed E-state index contributed by atoms with van der Waals surface area (Å²) < 4.78 is 72.0. The summed E-state index contributed by atoms with van der Waals surface area (Å²) in [6, 6.07) is 7.17. The molecule has 0 atom stereocenters. The highest BCUT2D eigenvalue weighted by Gasteiger charge is 2.25. The molecular weight excluding hydrogens is 514 g/mol. The van der Waals surface area contributed by atoms with Crippen LogP contribution >= 0.6 is 0 Å². The lowest BCUT2D eigenvalue weighted by atomic mass is 10.2. The van der Waals surface area contributed by atoms with E-state index >= 15 is 0 Å². The molecule has 1 heterocycles. The largest absolute Gasteiger partial charge is 0.489 e. The Labute approximate surface area is 214 Å². The molecule has 1 saturated carbocycles. The van der Waals surface area contributed by atoms with E-state index in [0.29, 0.717) is 30.6 Å². The summed E-state index contributed by atoms with van der Waals surface area (Å²) in [4.78, 5) is 25.8. The van der Waals surface area contributed by atoms with Crippen LogP contribution in [0.25, 0.3) is 11.5 Å². The zero-order valence-corrected chi connectivity index (χ0v) is 20.2. The number of nitrogens with one attached hydrogen (secondary N) is 1. The lowest BCUT2D eigenvalue weighted by Crippen LogP contribution is -2.25. The second-order valence-corrected chi connectivity index (χ2v) is 8.04. The van der Waals surface area contributed by atoms with Gasteiger partial charge in [0, 0.05) is 23.7 Å². The van der Waals surface area contributed by atoms with Gasteiger partial charge in [0.25, 0.3) is 12.4 Å². The molecule has 0 saturated heterocycles. The number of aromatic nitrogens is 1. The number of rotatable bonds is 11. The van der Waals surface area contributed by atoms with Gasteiger partial charge in [0.2, 0.25) is 5.89 Å². The van der Waals surface area contributed by atoms with Crippen molar-refractivity contribution in [2.24, 2.45) is 11.7 Å². The first-order chi connectivity index (χ1) is 18.2. The number of benzene rings is 2. The first-order valence-electron chi connectivity index (χ1n) is 11.4. The average Bonchev–Trinajstić information content (AvgIpc) is 3.63. The van der Waals surface area contributed by atoms with E-state index < -0.39 is 24.2 Å². The van der Waals surface area contributed by atoms with Crippen molar-refractivity contribution in [2.75, 3.05) is 13.7 Å². The molecule has 1 fully saturated rings. The van der Waals surface area contributed by atoms with E-state index in [9.17, 15) is 22.4 Å². The summed E-state index contributed by atoms with van der Waals surface area (Å²) in [7, 11) is 1.31. The van der Waals surface area contributed by atoms with E-state index in [-0.39, 0.29) is 47.5 Å². The van der Waals surface area contributed by atoms with Crippen molar-refractivity contribution in [1.29, 1.82) is 0 Å². The van der Waals surface area contributed by atoms with Crippen molar-refractivity contribution in [3.8, 4) is 23.0 Å². The van der Waals surface area contributed by atoms with Gasteiger partial charge in [-0.25, -0.2) is 13.8 Å². The molecule has 1 aliphatic carbocycles. The molecule has 0 unspecified atom stereocenters. The molecule has 0 spiro atoms. The van der Waals surface area contributed by atoms with Crippen LogP contribution in [0, 0.1) is 17.6 Å². The fourth-order valence-corrected chi connectivity index (χ4v) is 3.15. The number of carbonyl (C=O) groups excluding carboxylic acids is 2. The van der Waals surface area contributed by atoms with Gasteiger partial charge in [-0.05, 0) is 43.0 Å². The zero-order valence-electron chi connectivity index (χ0n) is 20.2. The summed E-state index contributed by atoms with van der Waals surface area (Å²) in [5.41, 5.74) is 6.00. The minimum Gasteiger partial charge on any atom is -0.489 e.